The van der Waals surface area contributed by atoms with Gasteiger partial charge in [0.25, 0.3) is 0 Å². The summed E-state index contributed by atoms with van der Waals surface area (Å²) in [5.41, 5.74) is 2.59. The van der Waals surface area contributed by atoms with Crippen molar-refractivity contribution in [3.05, 3.63) is 35.4 Å². The standard InChI is InChI=1S/C18H25NO3/c1-14-6-8-15(9-7-14)4-2-3-5-17(20)19-12-10-16(11-13-19)18(21)22/h6-9,16H,2-5,10-13H2,1H3,(H,21,22). The van der Waals surface area contributed by atoms with Crippen molar-refractivity contribution in [3.8, 4) is 0 Å². The highest BCUT2D eigenvalue weighted by Gasteiger charge is 2.26. The van der Waals surface area contributed by atoms with Gasteiger partial charge in [0.1, 0.15) is 0 Å². The maximum Gasteiger partial charge on any atom is 0.306 e. The Hall–Kier alpha value is -1.84. The highest BCUT2D eigenvalue weighted by molar-refractivity contribution is 5.77. The zero-order chi connectivity index (χ0) is 15.9. The van der Waals surface area contributed by atoms with E-state index in [-0.39, 0.29) is 11.8 Å². The Morgan fingerprint density at radius 1 is 1.14 bits per heavy atom. The number of unbranched alkanes of at least 4 members (excludes halogenated alkanes) is 1. The fourth-order valence-corrected chi connectivity index (χ4v) is 2.89. The predicted molar refractivity (Wildman–Crippen MR) is 85.7 cm³/mol. The summed E-state index contributed by atoms with van der Waals surface area (Å²) in [7, 11) is 0. The van der Waals surface area contributed by atoms with Gasteiger partial charge in [-0.05, 0) is 44.6 Å². The summed E-state index contributed by atoms with van der Waals surface area (Å²) in [6.07, 6.45) is 4.67. The van der Waals surface area contributed by atoms with Gasteiger partial charge in [-0.25, -0.2) is 0 Å². The molecule has 1 aliphatic rings. The van der Waals surface area contributed by atoms with Crippen LogP contribution in [0.2, 0.25) is 0 Å². The molecule has 1 aliphatic heterocycles. The molecule has 1 fully saturated rings. The Kier molecular flexibility index (Phi) is 5.99. The van der Waals surface area contributed by atoms with E-state index in [2.05, 4.69) is 31.2 Å². The van der Waals surface area contributed by atoms with E-state index in [1.54, 1.807) is 0 Å². The molecule has 4 heteroatoms. The Labute approximate surface area is 132 Å². The quantitative estimate of drug-likeness (QED) is 0.822. The lowest BCUT2D eigenvalue weighted by Crippen LogP contribution is -2.40. The first-order valence-electron chi connectivity index (χ1n) is 8.12. The van der Waals surface area contributed by atoms with E-state index in [1.807, 2.05) is 4.90 Å². The third kappa shape index (κ3) is 4.86. The van der Waals surface area contributed by atoms with Gasteiger partial charge < -0.3 is 10.0 Å². The van der Waals surface area contributed by atoms with Crippen LogP contribution in [0.5, 0.6) is 0 Å². The van der Waals surface area contributed by atoms with Crippen molar-refractivity contribution >= 4 is 11.9 Å². The maximum absolute atomic E-state index is 12.1. The maximum atomic E-state index is 12.1. The van der Waals surface area contributed by atoms with E-state index >= 15 is 0 Å². The lowest BCUT2D eigenvalue weighted by atomic mass is 9.96. The Bertz CT molecular complexity index is 502. The van der Waals surface area contributed by atoms with Crippen LogP contribution in [0.4, 0.5) is 0 Å². The molecule has 0 radical (unpaired) electrons. The number of rotatable bonds is 6. The van der Waals surface area contributed by atoms with Crippen molar-refractivity contribution < 1.29 is 14.7 Å². The molecular weight excluding hydrogens is 278 g/mol. The molecule has 1 saturated heterocycles. The summed E-state index contributed by atoms with van der Waals surface area (Å²) in [4.78, 5) is 24.8. The third-order valence-corrected chi connectivity index (χ3v) is 4.42. The first kappa shape index (κ1) is 16.5. The molecule has 22 heavy (non-hydrogen) atoms. The minimum atomic E-state index is -0.731. The van der Waals surface area contributed by atoms with Crippen molar-refractivity contribution in [3.63, 3.8) is 0 Å². The number of carboxylic acids is 1. The van der Waals surface area contributed by atoms with Crippen LogP contribution in [0.15, 0.2) is 24.3 Å². The minimum Gasteiger partial charge on any atom is -0.481 e. The van der Waals surface area contributed by atoms with Gasteiger partial charge in [-0.1, -0.05) is 29.8 Å². The molecule has 120 valence electrons. The number of likely N-dealkylation sites (tertiary alicyclic amines) is 1. The van der Waals surface area contributed by atoms with Crippen LogP contribution in [0.25, 0.3) is 0 Å². The molecule has 2 rings (SSSR count). The third-order valence-electron chi connectivity index (χ3n) is 4.42. The normalized spacial score (nSPS) is 15.8. The monoisotopic (exact) mass is 303 g/mol. The highest BCUT2D eigenvalue weighted by atomic mass is 16.4. The topological polar surface area (TPSA) is 57.6 Å². The number of aryl methyl sites for hydroxylation is 2. The van der Waals surface area contributed by atoms with E-state index in [1.165, 1.54) is 11.1 Å². The summed E-state index contributed by atoms with van der Waals surface area (Å²) in [6, 6.07) is 8.53. The van der Waals surface area contributed by atoms with Crippen LogP contribution in [0.3, 0.4) is 0 Å². The van der Waals surface area contributed by atoms with E-state index in [0.29, 0.717) is 32.4 Å². The highest BCUT2D eigenvalue weighted by Crippen LogP contribution is 2.18. The van der Waals surface area contributed by atoms with E-state index in [4.69, 9.17) is 5.11 Å². The Morgan fingerprint density at radius 3 is 2.36 bits per heavy atom. The van der Waals surface area contributed by atoms with Crippen molar-refractivity contribution in [2.45, 2.75) is 45.4 Å². The van der Waals surface area contributed by atoms with Gasteiger partial charge in [-0.15, -0.1) is 0 Å². The van der Waals surface area contributed by atoms with E-state index < -0.39 is 5.97 Å². The number of hydrogen-bond acceptors (Lipinski definition) is 2. The number of amides is 1. The molecular formula is C18H25NO3. The van der Waals surface area contributed by atoms with Gasteiger partial charge in [0, 0.05) is 19.5 Å². The number of hydrogen-bond donors (Lipinski definition) is 1. The van der Waals surface area contributed by atoms with Crippen LogP contribution in [0, 0.1) is 12.8 Å². The number of carboxylic acid groups (broad SMARTS) is 1. The summed E-state index contributed by atoms with van der Waals surface area (Å²) >= 11 is 0. The summed E-state index contributed by atoms with van der Waals surface area (Å²) in [5.74, 6) is -0.830. The smallest absolute Gasteiger partial charge is 0.306 e. The first-order chi connectivity index (χ1) is 10.6. The SMILES string of the molecule is Cc1ccc(CCCCC(=O)N2CCC(C(=O)O)CC2)cc1. The molecule has 1 N–H and O–H groups in total. The molecule has 1 aromatic rings. The molecule has 0 saturated carbocycles. The Balaban J connectivity index is 1.64. The summed E-state index contributed by atoms with van der Waals surface area (Å²) in [5, 5.41) is 8.96. The van der Waals surface area contributed by atoms with Crippen LogP contribution >= 0.6 is 0 Å². The van der Waals surface area contributed by atoms with Gasteiger partial charge in [0.2, 0.25) is 5.91 Å². The predicted octanol–water partition coefficient (Wildman–Crippen LogP) is 3.03. The molecule has 1 aromatic carbocycles. The molecule has 1 heterocycles. The Morgan fingerprint density at radius 2 is 1.77 bits per heavy atom. The van der Waals surface area contributed by atoms with E-state index in [9.17, 15) is 9.59 Å². The number of benzene rings is 1. The lowest BCUT2D eigenvalue weighted by Gasteiger charge is -2.30. The molecule has 0 unspecified atom stereocenters. The first-order valence-corrected chi connectivity index (χ1v) is 8.12. The molecule has 0 aliphatic carbocycles. The average molecular weight is 303 g/mol. The lowest BCUT2D eigenvalue weighted by molar-refractivity contribution is -0.145. The fourth-order valence-electron chi connectivity index (χ4n) is 2.89. The number of aliphatic carboxylic acids is 1. The summed E-state index contributed by atoms with van der Waals surface area (Å²) in [6.45, 7) is 3.26. The van der Waals surface area contributed by atoms with E-state index in [0.717, 1.165) is 19.3 Å². The molecule has 0 atom stereocenters. The second-order valence-corrected chi connectivity index (χ2v) is 6.19. The zero-order valence-corrected chi connectivity index (χ0v) is 13.3. The van der Waals surface area contributed by atoms with Crippen LogP contribution in [-0.2, 0) is 16.0 Å². The van der Waals surface area contributed by atoms with Crippen molar-refractivity contribution in [2.24, 2.45) is 5.92 Å². The molecule has 0 spiro atoms. The molecule has 0 bridgehead atoms. The number of nitrogens with zero attached hydrogens (tertiary/aromatic N) is 1. The van der Waals surface area contributed by atoms with Gasteiger partial charge in [0.15, 0.2) is 0 Å². The molecule has 4 nitrogen and oxygen atoms in total. The van der Waals surface area contributed by atoms with Crippen LogP contribution in [-0.4, -0.2) is 35.0 Å². The van der Waals surface area contributed by atoms with Crippen molar-refractivity contribution in [2.75, 3.05) is 13.1 Å². The van der Waals surface area contributed by atoms with Crippen LogP contribution in [0.1, 0.15) is 43.2 Å². The zero-order valence-electron chi connectivity index (χ0n) is 13.3. The second kappa shape index (κ2) is 7.97. The van der Waals surface area contributed by atoms with Crippen molar-refractivity contribution in [1.29, 1.82) is 0 Å². The largest absolute Gasteiger partial charge is 0.481 e. The minimum absolute atomic E-state index is 0.174. The molecule has 1 amide bonds. The van der Waals surface area contributed by atoms with Gasteiger partial charge in [0.05, 0.1) is 5.92 Å². The van der Waals surface area contributed by atoms with Gasteiger partial charge in [-0.3, -0.25) is 9.59 Å². The average Bonchev–Trinajstić information content (AvgIpc) is 2.53. The summed E-state index contributed by atoms with van der Waals surface area (Å²) < 4.78 is 0. The van der Waals surface area contributed by atoms with Crippen molar-refractivity contribution in [1.82, 2.24) is 4.90 Å². The molecule has 0 aromatic heterocycles. The second-order valence-electron chi connectivity index (χ2n) is 6.19. The number of carbonyl (C=O) groups excluding carboxylic acids is 1. The van der Waals surface area contributed by atoms with Gasteiger partial charge in [-0.2, -0.15) is 0 Å². The van der Waals surface area contributed by atoms with Crippen LogP contribution < -0.4 is 0 Å². The number of piperidine rings is 1. The fraction of sp³-hybridized carbons (Fsp3) is 0.556. The van der Waals surface area contributed by atoms with Gasteiger partial charge >= 0.3 is 5.97 Å². The number of carbonyl (C=O) groups is 2.